The second kappa shape index (κ2) is 7.36. The molecule has 0 saturated heterocycles. The highest BCUT2D eigenvalue weighted by Crippen LogP contribution is 2.30. The molecule has 0 aliphatic heterocycles. The standard InChI is InChI=1S/C13H24N2O3/c1-15(2)9-5-8-14-12(16)10-6-3-4-7-11(10)13(17)18/h10-11H,3-9H2,1-2H3,(H,14,16)(H,17,18). The highest BCUT2D eigenvalue weighted by Gasteiger charge is 2.35. The van der Waals surface area contributed by atoms with Crippen LogP contribution in [0.4, 0.5) is 0 Å². The predicted molar refractivity (Wildman–Crippen MR) is 69.3 cm³/mol. The van der Waals surface area contributed by atoms with Gasteiger partial charge in [0, 0.05) is 6.54 Å². The molecule has 0 heterocycles. The molecule has 1 aliphatic carbocycles. The summed E-state index contributed by atoms with van der Waals surface area (Å²) in [5.41, 5.74) is 0. The lowest BCUT2D eigenvalue weighted by Gasteiger charge is -2.27. The van der Waals surface area contributed by atoms with Crippen molar-refractivity contribution in [3.05, 3.63) is 0 Å². The zero-order chi connectivity index (χ0) is 13.5. The van der Waals surface area contributed by atoms with E-state index in [0.717, 1.165) is 25.8 Å². The van der Waals surface area contributed by atoms with E-state index < -0.39 is 11.9 Å². The molecule has 0 radical (unpaired) electrons. The number of carboxylic acids is 1. The second-order valence-corrected chi connectivity index (χ2v) is 5.28. The van der Waals surface area contributed by atoms with E-state index in [0.29, 0.717) is 19.4 Å². The topological polar surface area (TPSA) is 69.6 Å². The number of carboxylic acid groups (broad SMARTS) is 1. The molecule has 0 aromatic carbocycles. The maximum absolute atomic E-state index is 12.0. The smallest absolute Gasteiger partial charge is 0.307 e. The Labute approximate surface area is 109 Å². The minimum absolute atomic E-state index is 0.0825. The van der Waals surface area contributed by atoms with Crippen LogP contribution >= 0.6 is 0 Å². The lowest BCUT2D eigenvalue weighted by Crippen LogP contribution is -2.40. The first-order valence-electron chi connectivity index (χ1n) is 6.67. The molecule has 5 heteroatoms. The minimum atomic E-state index is -0.830. The molecule has 0 aromatic heterocycles. The van der Waals surface area contributed by atoms with Crippen molar-refractivity contribution >= 4 is 11.9 Å². The van der Waals surface area contributed by atoms with Crippen LogP contribution in [0.2, 0.25) is 0 Å². The molecular weight excluding hydrogens is 232 g/mol. The van der Waals surface area contributed by atoms with Crippen LogP contribution in [-0.4, -0.2) is 49.1 Å². The van der Waals surface area contributed by atoms with Crippen molar-refractivity contribution < 1.29 is 14.7 Å². The summed E-state index contributed by atoms with van der Waals surface area (Å²) in [6.07, 6.45) is 4.10. The molecule has 1 aliphatic rings. The fourth-order valence-corrected chi connectivity index (χ4v) is 2.48. The van der Waals surface area contributed by atoms with Gasteiger partial charge in [0.1, 0.15) is 0 Å². The summed E-state index contributed by atoms with van der Waals surface area (Å²) in [4.78, 5) is 25.1. The molecule has 2 unspecified atom stereocenters. The van der Waals surface area contributed by atoms with Crippen molar-refractivity contribution in [2.45, 2.75) is 32.1 Å². The fraction of sp³-hybridized carbons (Fsp3) is 0.846. The first-order chi connectivity index (χ1) is 8.52. The molecule has 2 atom stereocenters. The maximum Gasteiger partial charge on any atom is 0.307 e. The lowest BCUT2D eigenvalue weighted by atomic mass is 9.79. The summed E-state index contributed by atoms with van der Waals surface area (Å²) in [5.74, 6) is -1.74. The first-order valence-corrected chi connectivity index (χ1v) is 6.67. The number of aliphatic carboxylic acids is 1. The third-order valence-corrected chi connectivity index (χ3v) is 3.50. The van der Waals surface area contributed by atoms with E-state index >= 15 is 0 Å². The number of nitrogens with zero attached hydrogens (tertiary/aromatic N) is 1. The summed E-state index contributed by atoms with van der Waals surface area (Å²) in [7, 11) is 3.98. The van der Waals surface area contributed by atoms with Gasteiger partial charge in [-0.15, -0.1) is 0 Å². The fourth-order valence-electron chi connectivity index (χ4n) is 2.48. The number of rotatable bonds is 6. The average Bonchev–Trinajstić information content (AvgIpc) is 2.34. The third kappa shape index (κ3) is 4.64. The van der Waals surface area contributed by atoms with Gasteiger partial charge in [-0.3, -0.25) is 9.59 Å². The van der Waals surface area contributed by atoms with Crippen LogP contribution in [0, 0.1) is 11.8 Å². The molecule has 1 saturated carbocycles. The summed E-state index contributed by atoms with van der Waals surface area (Å²) in [6, 6.07) is 0. The van der Waals surface area contributed by atoms with Gasteiger partial charge in [-0.25, -0.2) is 0 Å². The second-order valence-electron chi connectivity index (χ2n) is 5.28. The van der Waals surface area contributed by atoms with Crippen LogP contribution in [0.15, 0.2) is 0 Å². The van der Waals surface area contributed by atoms with Crippen molar-refractivity contribution in [3.63, 3.8) is 0 Å². The number of hydrogen-bond acceptors (Lipinski definition) is 3. The van der Waals surface area contributed by atoms with E-state index in [9.17, 15) is 9.59 Å². The molecule has 1 amide bonds. The number of carbonyl (C=O) groups excluding carboxylic acids is 1. The van der Waals surface area contributed by atoms with E-state index in [1.807, 2.05) is 14.1 Å². The Balaban J connectivity index is 2.36. The Bertz CT molecular complexity index is 292. The largest absolute Gasteiger partial charge is 0.481 e. The van der Waals surface area contributed by atoms with Gasteiger partial charge >= 0.3 is 5.97 Å². The Morgan fingerprint density at radius 3 is 2.39 bits per heavy atom. The summed E-state index contributed by atoms with van der Waals surface area (Å²) >= 11 is 0. The minimum Gasteiger partial charge on any atom is -0.481 e. The molecular formula is C13H24N2O3. The van der Waals surface area contributed by atoms with Gasteiger partial charge < -0.3 is 15.3 Å². The number of amides is 1. The lowest BCUT2D eigenvalue weighted by molar-refractivity contribution is -0.148. The average molecular weight is 256 g/mol. The highest BCUT2D eigenvalue weighted by atomic mass is 16.4. The van der Waals surface area contributed by atoms with Crippen molar-refractivity contribution in [3.8, 4) is 0 Å². The molecule has 1 rings (SSSR count). The quantitative estimate of drug-likeness (QED) is 0.694. The normalized spacial score (nSPS) is 23.9. The van der Waals surface area contributed by atoms with E-state index in [1.54, 1.807) is 0 Å². The van der Waals surface area contributed by atoms with Gasteiger partial charge in [-0.2, -0.15) is 0 Å². The zero-order valence-corrected chi connectivity index (χ0v) is 11.3. The van der Waals surface area contributed by atoms with Crippen molar-refractivity contribution in [2.75, 3.05) is 27.2 Å². The van der Waals surface area contributed by atoms with Crippen molar-refractivity contribution in [1.29, 1.82) is 0 Å². The van der Waals surface area contributed by atoms with Crippen molar-refractivity contribution in [2.24, 2.45) is 11.8 Å². The Hall–Kier alpha value is -1.10. The molecule has 18 heavy (non-hydrogen) atoms. The predicted octanol–water partition coefficient (Wildman–Crippen LogP) is 0.945. The van der Waals surface area contributed by atoms with Gasteiger partial charge in [-0.05, 0) is 39.9 Å². The molecule has 1 fully saturated rings. The Kier molecular flexibility index (Phi) is 6.12. The molecule has 0 aromatic rings. The summed E-state index contributed by atoms with van der Waals surface area (Å²) in [6.45, 7) is 1.55. The number of hydrogen-bond donors (Lipinski definition) is 2. The van der Waals surface area contributed by atoms with Crippen LogP contribution in [0.1, 0.15) is 32.1 Å². The van der Waals surface area contributed by atoms with Crippen LogP contribution in [0.25, 0.3) is 0 Å². The molecule has 0 spiro atoms. The number of carbonyl (C=O) groups is 2. The van der Waals surface area contributed by atoms with E-state index in [2.05, 4.69) is 10.2 Å². The van der Waals surface area contributed by atoms with E-state index in [4.69, 9.17) is 5.11 Å². The molecule has 2 N–H and O–H groups in total. The van der Waals surface area contributed by atoms with Gasteiger partial charge in [-0.1, -0.05) is 12.8 Å². The SMILES string of the molecule is CN(C)CCCNC(=O)C1CCCCC1C(=O)O. The van der Waals surface area contributed by atoms with Crippen LogP contribution in [0.3, 0.4) is 0 Å². The van der Waals surface area contributed by atoms with E-state index in [1.165, 1.54) is 0 Å². The highest BCUT2D eigenvalue weighted by molar-refractivity contribution is 5.84. The van der Waals surface area contributed by atoms with Gasteiger partial charge in [0.2, 0.25) is 5.91 Å². The Morgan fingerprint density at radius 2 is 1.83 bits per heavy atom. The molecule has 0 bridgehead atoms. The van der Waals surface area contributed by atoms with Gasteiger partial charge in [0.15, 0.2) is 0 Å². The van der Waals surface area contributed by atoms with Crippen LogP contribution in [-0.2, 0) is 9.59 Å². The third-order valence-electron chi connectivity index (χ3n) is 3.50. The first kappa shape index (κ1) is 15.0. The summed E-state index contributed by atoms with van der Waals surface area (Å²) in [5, 5.41) is 12.0. The molecule has 5 nitrogen and oxygen atoms in total. The van der Waals surface area contributed by atoms with Crippen LogP contribution in [0.5, 0.6) is 0 Å². The van der Waals surface area contributed by atoms with Gasteiger partial charge in [0.05, 0.1) is 11.8 Å². The monoisotopic (exact) mass is 256 g/mol. The van der Waals surface area contributed by atoms with Crippen LogP contribution < -0.4 is 5.32 Å². The Morgan fingerprint density at radius 1 is 1.22 bits per heavy atom. The zero-order valence-electron chi connectivity index (χ0n) is 11.3. The molecule has 104 valence electrons. The van der Waals surface area contributed by atoms with Gasteiger partial charge in [0.25, 0.3) is 0 Å². The summed E-state index contributed by atoms with van der Waals surface area (Å²) < 4.78 is 0. The number of nitrogens with one attached hydrogen (secondary N) is 1. The maximum atomic E-state index is 12.0. The van der Waals surface area contributed by atoms with Crippen molar-refractivity contribution in [1.82, 2.24) is 10.2 Å². The van der Waals surface area contributed by atoms with E-state index in [-0.39, 0.29) is 11.8 Å².